The van der Waals surface area contributed by atoms with Crippen LogP contribution in [0.25, 0.3) is 0 Å². The molecule has 0 amide bonds. The second kappa shape index (κ2) is 6.19. The van der Waals surface area contributed by atoms with Crippen molar-refractivity contribution in [2.45, 2.75) is 53.2 Å². The Balaban J connectivity index is 2.96. The first kappa shape index (κ1) is 15.0. The molecule has 3 heteroatoms. The Labute approximate surface area is 109 Å². The predicted octanol–water partition coefficient (Wildman–Crippen LogP) is 3.97. The lowest BCUT2D eigenvalue weighted by Gasteiger charge is -2.21. The normalized spacial score (nSPS) is 14.7. The number of ether oxygens (including phenoxy) is 1. The van der Waals surface area contributed by atoms with Crippen molar-refractivity contribution in [1.82, 2.24) is 0 Å². The van der Waals surface area contributed by atoms with Crippen LogP contribution in [0, 0.1) is 18.7 Å². The molecule has 2 nitrogen and oxygen atoms in total. The molecule has 0 aliphatic heterocycles. The fourth-order valence-electron chi connectivity index (χ4n) is 2.06. The van der Waals surface area contributed by atoms with Gasteiger partial charge in [0.1, 0.15) is 11.6 Å². The van der Waals surface area contributed by atoms with Gasteiger partial charge >= 0.3 is 0 Å². The molecule has 0 heterocycles. The molecule has 18 heavy (non-hydrogen) atoms. The highest BCUT2D eigenvalue weighted by molar-refractivity contribution is 5.40. The molecule has 1 unspecified atom stereocenters. The van der Waals surface area contributed by atoms with Gasteiger partial charge in [-0.2, -0.15) is 0 Å². The average Bonchev–Trinajstić information content (AvgIpc) is 2.21. The van der Waals surface area contributed by atoms with E-state index in [1.165, 1.54) is 6.07 Å². The van der Waals surface area contributed by atoms with Gasteiger partial charge in [0.25, 0.3) is 0 Å². The molecule has 0 aromatic heterocycles. The van der Waals surface area contributed by atoms with E-state index in [0.29, 0.717) is 17.2 Å². The smallest absolute Gasteiger partial charge is 0.126 e. The van der Waals surface area contributed by atoms with E-state index in [9.17, 15) is 4.39 Å². The molecular formula is C15H24FNO. The van der Waals surface area contributed by atoms with Crippen LogP contribution in [-0.4, -0.2) is 6.10 Å². The van der Waals surface area contributed by atoms with E-state index in [2.05, 4.69) is 13.8 Å². The minimum absolute atomic E-state index is 0.104. The van der Waals surface area contributed by atoms with Crippen molar-refractivity contribution in [3.63, 3.8) is 0 Å². The summed E-state index contributed by atoms with van der Waals surface area (Å²) in [6.45, 7) is 9.92. The zero-order chi connectivity index (χ0) is 13.9. The van der Waals surface area contributed by atoms with Gasteiger partial charge in [-0.25, -0.2) is 4.39 Å². The summed E-state index contributed by atoms with van der Waals surface area (Å²) in [5.74, 6) is 1.04. The summed E-state index contributed by atoms with van der Waals surface area (Å²) < 4.78 is 19.5. The number of hydrogen-bond donors (Lipinski definition) is 1. The first-order chi connectivity index (χ1) is 8.31. The van der Waals surface area contributed by atoms with Crippen LogP contribution in [0.2, 0.25) is 0 Å². The number of hydrogen-bond acceptors (Lipinski definition) is 2. The molecule has 102 valence electrons. The molecule has 0 aliphatic rings. The minimum atomic E-state index is -0.235. The summed E-state index contributed by atoms with van der Waals surface area (Å²) in [6, 6.07) is 2.99. The van der Waals surface area contributed by atoms with E-state index in [1.807, 2.05) is 13.8 Å². The van der Waals surface area contributed by atoms with Crippen LogP contribution >= 0.6 is 0 Å². The fourth-order valence-corrected chi connectivity index (χ4v) is 2.06. The summed E-state index contributed by atoms with van der Waals surface area (Å²) in [6.07, 6.45) is 1.07. The molecule has 1 aromatic carbocycles. The van der Waals surface area contributed by atoms with Crippen molar-refractivity contribution in [3.8, 4) is 5.75 Å². The van der Waals surface area contributed by atoms with E-state index in [-0.39, 0.29) is 18.0 Å². The van der Waals surface area contributed by atoms with Crippen molar-refractivity contribution in [3.05, 3.63) is 29.1 Å². The second-order valence-corrected chi connectivity index (χ2v) is 5.49. The molecule has 0 spiro atoms. The maximum atomic E-state index is 13.6. The zero-order valence-electron chi connectivity index (χ0n) is 12.0. The van der Waals surface area contributed by atoms with Gasteiger partial charge in [0, 0.05) is 11.6 Å². The molecule has 0 radical (unpaired) electrons. The number of aryl methyl sites for hydroxylation is 1. The van der Waals surface area contributed by atoms with E-state index >= 15 is 0 Å². The highest BCUT2D eigenvalue weighted by Gasteiger charge is 2.15. The summed E-state index contributed by atoms with van der Waals surface area (Å²) in [7, 11) is 0. The molecule has 1 aromatic rings. The van der Waals surface area contributed by atoms with E-state index in [1.54, 1.807) is 13.0 Å². The molecular weight excluding hydrogens is 229 g/mol. The Kier molecular flexibility index (Phi) is 5.15. The zero-order valence-corrected chi connectivity index (χ0v) is 12.0. The Hall–Kier alpha value is -1.09. The Morgan fingerprint density at radius 2 is 1.83 bits per heavy atom. The summed E-state index contributed by atoms with van der Waals surface area (Å²) in [4.78, 5) is 0. The van der Waals surface area contributed by atoms with Crippen LogP contribution < -0.4 is 10.5 Å². The largest absolute Gasteiger partial charge is 0.490 e. The molecule has 0 saturated carbocycles. The van der Waals surface area contributed by atoms with Crippen LogP contribution in [0.1, 0.15) is 51.3 Å². The Bertz CT molecular complexity index is 402. The maximum Gasteiger partial charge on any atom is 0.126 e. The topological polar surface area (TPSA) is 35.2 Å². The van der Waals surface area contributed by atoms with Gasteiger partial charge in [0.05, 0.1) is 6.10 Å². The van der Waals surface area contributed by atoms with Gasteiger partial charge in [-0.1, -0.05) is 13.8 Å². The third kappa shape index (κ3) is 3.98. The molecule has 0 bridgehead atoms. The third-order valence-electron chi connectivity index (χ3n) is 2.91. The Morgan fingerprint density at radius 1 is 1.22 bits per heavy atom. The van der Waals surface area contributed by atoms with Crippen molar-refractivity contribution < 1.29 is 9.13 Å². The highest BCUT2D eigenvalue weighted by atomic mass is 19.1. The molecule has 0 fully saturated rings. The third-order valence-corrected chi connectivity index (χ3v) is 2.91. The lowest BCUT2D eigenvalue weighted by atomic mass is 10.0. The van der Waals surface area contributed by atoms with Crippen LogP contribution in [0.5, 0.6) is 5.75 Å². The standard InChI is InChI=1S/C15H24FNO/c1-9(2)6-11(4)18-15-7-10(3)14(16)8-13(15)12(5)17/h7-9,11-12H,6,17H2,1-5H3/t11?,12-/m0/s1. The molecule has 2 N–H and O–H groups in total. The van der Waals surface area contributed by atoms with E-state index < -0.39 is 0 Å². The summed E-state index contributed by atoms with van der Waals surface area (Å²) >= 11 is 0. The molecule has 0 aliphatic carbocycles. The van der Waals surface area contributed by atoms with Crippen LogP contribution in [-0.2, 0) is 0 Å². The summed E-state index contributed by atoms with van der Waals surface area (Å²) in [5, 5.41) is 0. The second-order valence-electron chi connectivity index (χ2n) is 5.49. The first-order valence-corrected chi connectivity index (χ1v) is 6.53. The van der Waals surface area contributed by atoms with Gasteiger partial charge < -0.3 is 10.5 Å². The number of benzene rings is 1. The SMILES string of the molecule is Cc1cc(OC(C)CC(C)C)c([C@H](C)N)cc1F. The Morgan fingerprint density at radius 3 is 2.33 bits per heavy atom. The van der Waals surface area contributed by atoms with Gasteiger partial charge in [0.15, 0.2) is 0 Å². The van der Waals surface area contributed by atoms with E-state index in [0.717, 1.165) is 12.0 Å². The van der Waals surface area contributed by atoms with Crippen LogP contribution in [0.4, 0.5) is 4.39 Å². The van der Waals surface area contributed by atoms with Crippen molar-refractivity contribution in [2.75, 3.05) is 0 Å². The molecule has 0 saturated heterocycles. The lowest BCUT2D eigenvalue weighted by molar-refractivity contribution is 0.190. The lowest BCUT2D eigenvalue weighted by Crippen LogP contribution is -2.17. The molecule has 1 rings (SSSR count). The van der Waals surface area contributed by atoms with Gasteiger partial charge in [-0.3, -0.25) is 0 Å². The monoisotopic (exact) mass is 253 g/mol. The number of halogens is 1. The summed E-state index contributed by atoms with van der Waals surface area (Å²) in [5.41, 5.74) is 7.18. The van der Waals surface area contributed by atoms with Crippen molar-refractivity contribution in [2.24, 2.45) is 11.7 Å². The van der Waals surface area contributed by atoms with Crippen LogP contribution in [0.15, 0.2) is 12.1 Å². The van der Waals surface area contributed by atoms with Gasteiger partial charge in [0.2, 0.25) is 0 Å². The van der Waals surface area contributed by atoms with Crippen molar-refractivity contribution in [1.29, 1.82) is 0 Å². The van der Waals surface area contributed by atoms with Gasteiger partial charge in [-0.05, 0) is 50.8 Å². The van der Waals surface area contributed by atoms with Gasteiger partial charge in [-0.15, -0.1) is 0 Å². The quantitative estimate of drug-likeness (QED) is 0.861. The highest BCUT2D eigenvalue weighted by Crippen LogP contribution is 2.28. The predicted molar refractivity (Wildman–Crippen MR) is 73.3 cm³/mol. The van der Waals surface area contributed by atoms with E-state index in [4.69, 9.17) is 10.5 Å². The maximum absolute atomic E-state index is 13.6. The molecule has 2 atom stereocenters. The number of rotatable bonds is 5. The first-order valence-electron chi connectivity index (χ1n) is 6.53. The minimum Gasteiger partial charge on any atom is -0.490 e. The van der Waals surface area contributed by atoms with Crippen LogP contribution in [0.3, 0.4) is 0 Å². The van der Waals surface area contributed by atoms with Crippen molar-refractivity contribution >= 4 is 0 Å². The average molecular weight is 253 g/mol. The fraction of sp³-hybridized carbons (Fsp3) is 0.600. The number of nitrogens with two attached hydrogens (primary N) is 1.